The molecule has 0 amide bonds. The molecule has 0 spiro atoms. The molecule has 0 N–H and O–H groups in total. The lowest BCUT2D eigenvalue weighted by molar-refractivity contribution is -0.572. The van der Waals surface area contributed by atoms with Crippen LogP contribution in [0, 0.1) is 6.33 Å². The highest BCUT2D eigenvalue weighted by Crippen LogP contribution is 2.39. The zero-order valence-electron chi connectivity index (χ0n) is 35.6. The van der Waals surface area contributed by atoms with Gasteiger partial charge in [-0.3, -0.25) is 13.5 Å². The maximum absolute atomic E-state index is 6.81. The Bertz CT molecular complexity index is 4110. The third kappa shape index (κ3) is 5.39. The quantitative estimate of drug-likeness (QED) is 0.131. The van der Waals surface area contributed by atoms with Crippen LogP contribution < -0.4 is 9.30 Å². The zero-order chi connectivity index (χ0) is 42.7. The van der Waals surface area contributed by atoms with Crippen LogP contribution in [0.5, 0.6) is 11.5 Å². The highest BCUT2D eigenvalue weighted by molar-refractivity contribution is 6.20. The standard InChI is InChI=1S/C58H41N5O/c1-58(2,3)37-31-32-59-55(33-37)62-49-24-9-7-20-44(49)46-30-29-40(35-54(46)62)64-39-16-12-15-38(34-39)60-36-61-53-28-14-23-48-45-21-8-11-26-51(45)63(57(48)53)50-25-10-6-19-43(50)41-17-4-5-18-42(41)47-22-13-27-52(60)56(47)61/h4-35H,1-3H3. The van der Waals surface area contributed by atoms with Crippen LogP contribution in [0.25, 0.3) is 98.7 Å². The van der Waals surface area contributed by atoms with Crippen molar-refractivity contribution in [1.29, 1.82) is 0 Å². The van der Waals surface area contributed by atoms with Gasteiger partial charge in [-0.05, 0) is 93.9 Å². The maximum atomic E-state index is 6.81. The molecule has 13 aromatic rings. The Balaban J connectivity index is 1.04. The molecule has 0 saturated carbocycles. The molecular weight excluding hydrogens is 783 g/mol. The number of imidazole rings is 1. The molecule has 5 aromatic heterocycles. The molecule has 5 heterocycles. The van der Waals surface area contributed by atoms with E-state index in [-0.39, 0.29) is 5.41 Å². The van der Waals surface area contributed by atoms with E-state index in [1.807, 2.05) is 12.3 Å². The summed E-state index contributed by atoms with van der Waals surface area (Å²) in [7, 11) is 0. The molecule has 13 rings (SSSR count). The SMILES string of the molecule is CC(C)(C)c1ccnc(-n2c3ccccc3c3ccc(Oc4cccc(-[n+]5[c-]n6c7cccc8c9ccccc9n(c9ccccc9c9ccccc9c9cccc5c96)c87)c4)cc32)c1. The highest BCUT2D eigenvalue weighted by atomic mass is 16.5. The van der Waals surface area contributed by atoms with Crippen molar-refractivity contribution in [1.82, 2.24) is 18.4 Å². The smallest absolute Gasteiger partial charge is 0.269 e. The Labute approximate surface area is 368 Å². The summed E-state index contributed by atoms with van der Waals surface area (Å²) in [5.41, 5.74) is 10.9. The van der Waals surface area contributed by atoms with Crippen molar-refractivity contribution in [3.8, 4) is 23.0 Å². The Hall–Kier alpha value is -8.22. The second-order valence-electron chi connectivity index (χ2n) is 17.8. The van der Waals surface area contributed by atoms with Crippen LogP contribution >= 0.6 is 0 Å². The summed E-state index contributed by atoms with van der Waals surface area (Å²) in [6, 6.07) is 67.2. The van der Waals surface area contributed by atoms with E-state index in [4.69, 9.17) is 9.72 Å². The molecule has 6 nitrogen and oxygen atoms in total. The van der Waals surface area contributed by atoms with Crippen LogP contribution in [0.3, 0.4) is 0 Å². The molecule has 0 bridgehead atoms. The molecule has 0 aliphatic carbocycles. The minimum atomic E-state index is -0.0163. The third-order valence-electron chi connectivity index (χ3n) is 13.0. The van der Waals surface area contributed by atoms with E-state index in [0.717, 1.165) is 83.3 Å². The van der Waals surface area contributed by atoms with Crippen molar-refractivity contribution in [2.45, 2.75) is 26.2 Å². The molecule has 304 valence electrons. The lowest BCUT2D eigenvalue weighted by Gasteiger charge is -2.20. The van der Waals surface area contributed by atoms with Gasteiger partial charge in [0.15, 0.2) is 0 Å². The summed E-state index contributed by atoms with van der Waals surface area (Å²) < 4.78 is 16.0. The van der Waals surface area contributed by atoms with Crippen molar-refractivity contribution >= 4 is 87.2 Å². The fourth-order valence-corrected chi connectivity index (χ4v) is 10.1. The molecule has 0 aliphatic rings. The second-order valence-corrected chi connectivity index (χ2v) is 17.8. The van der Waals surface area contributed by atoms with Crippen LogP contribution in [-0.4, -0.2) is 18.4 Å². The normalized spacial score (nSPS) is 12.3. The number of nitrogens with zero attached hydrogens (tertiary/aromatic N) is 5. The summed E-state index contributed by atoms with van der Waals surface area (Å²) in [4.78, 5) is 4.89. The van der Waals surface area contributed by atoms with Gasteiger partial charge in [-0.2, -0.15) is 0 Å². The zero-order valence-corrected chi connectivity index (χ0v) is 35.6. The molecule has 0 saturated heterocycles. The predicted octanol–water partition coefficient (Wildman–Crippen LogP) is 14.2. The lowest BCUT2D eigenvalue weighted by atomic mass is 9.88. The molecule has 0 fully saturated rings. The van der Waals surface area contributed by atoms with Crippen molar-refractivity contribution in [2.75, 3.05) is 0 Å². The van der Waals surface area contributed by atoms with E-state index in [0.29, 0.717) is 0 Å². The highest BCUT2D eigenvalue weighted by Gasteiger charge is 2.21. The number of hydrogen-bond acceptors (Lipinski definition) is 2. The number of rotatable bonds is 4. The molecule has 64 heavy (non-hydrogen) atoms. The van der Waals surface area contributed by atoms with Crippen molar-refractivity contribution in [2.24, 2.45) is 0 Å². The van der Waals surface area contributed by atoms with Crippen molar-refractivity contribution < 1.29 is 9.30 Å². The van der Waals surface area contributed by atoms with E-state index < -0.39 is 0 Å². The van der Waals surface area contributed by atoms with Crippen LogP contribution in [0.1, 0.15) is 26.3 Å². The van der Waals surface area contributed by atoms with Gasteiger partial charge in [0, 0.05) is 39.2 Å². The molecule has 0 radical (unpaired) electrons. The first-order valence-electron chi connectivity index (χ1n) is 21.9. The second kappa shape index (κ2) is 13.6. The minimum absolute atomic E-state index is 0.0163. The van der Waals surface area contributed by atoms with Crippen LogP contribution in [-0.2, 0) is 5.41 Å². The van der Waals surface area contributed by atoms with E-state index in [2.05, 4.69) is 227 Å². The first-order chi connectivity index (χ1) is 31.4. The lowest BCUT2D eigenvalue weighted by Crippen LogP contribution is -2.29. The molecule has 6 heteroatoms. The molecular formula is C58H41N5O. The van der Waals surface area contributed by atoms with E-state index >= 15 is 0 Å². The van der Waals surface area contributed by atoms with E-state index in [1.165, 1.54) is 32.5 Å². The van der Waals surface area contributed by atoms with Gasteiger partial charge < -0.3 is 9.14 Å². The third-order valence-corrected chi connectivity index (χ3v) is 13.0. The van der Waals surface area contributed by atoms with Crippen LogP contribution in [0.2, 0.25) is 0 Å². The summed E-state index contributed by atoms with van der Waals surface area (Å²) in [6.45, 7) is 6.71. The largest absolute Gasteiger partial charge is 0.458 e. The van der Waals surface area contributed by atoms with Gasteiger partial charge >= 0.3 is 0 Å². The average Bonchev–Trinajstić information content (AvgIpc) is 3.99. The summed E-state index contributed by atoms with van der Waals surface area (Å²) in [5, 5.41) is 9.40. The fraction of sp³-hybridized carbons (Fsp3) is 0.0690. The maximum Gasteiger partial charge on any atom is 0.269 e. The number of ether oxygens (including phenoxy) is 1. The predicted molar refractivity (Wildman–Crippen MR) is 262 cm³/mol. The van der Waals surface area contributed by atoms with E-state index in [9.17, 15) is 0 Å². The molecule has 8 aromatic carbocycles. The van der Waals surface area contributed by atoms with Gasteiger partial charge in [-0.15, -0.1) is 0 Å². The Kier molecular flexibility index (Phi) is 7.76. The number of hydrogen-bond donors (Lipinski definition) is 0. The van der Waals surface area contributed by atoms with Crippen LogP contribution in [0.15, 0.2) is 194 Å². The Morgan fingerprint density at radius 2 is 1.03 bits per heavy atom. The monoisotopic (exact) mass is 823 g/mol. The first-order valence-corrected chi connectivity index (χ1v) is 21.9. The number of benzene rings is 8. The summed E-state index contributed by atoms with van der Waals surface area (Å²) in [6.07, 6.45) is 5.81. The van der Waals surface area contributed by atoms with E-state index in [1.54, 1.807) is 0 Å². The number of para-hydroxylation sites is 5. The minimum Gasteiger partial charge on any atom is -0.458 e. The molecule has 0 unspecified atom stereocenters. The van der Waals surface area contributed by atoms with Crippen molar-refractivity contribution in [3.63, 3.8) is 0 Å². The Morgan fingerprint density at radius 1 is 0.469 bits per heavy atom. The topological polar surface area (TPSA) is 39.8 Å². The van der Waals surface area contributed by atoms with Gasteiger partial charge in [-0.1, -0.05) is 136 Å². The molecule has 0 atom stereocenters. The van der Waals surface area contributed by atoms with Gasteiger partial charge in [-0.25, -0.2) is 4.98 Å². The van der Waals surface area contributed by atoms with Gasteiger partial charge in [0.2, 0.25) is 0 Å². The van der Waals surface area contributed by atoms with Gasteiger partial charge in [0.25, 0.3) is 6.33 Å². The van der Waals surface area contributed by atoms with Crippen LogP contribution in [0.4, 0.5) is 0 Å². The number of aromatic nitrogens is 5. The molecule has 0 aliphatic heterocycles. The number of pyridine rings is 1. The first kappa shape index (κ1) is 36.4. The number of fused-ring (bicyclic) bond motifs is 12. The Morgan fingerprint density at radius 3 is 1.78 bits per heavy atom. The summed E-state index contributed by atoms with van der Waals surface area (Å²) in [5.74, 6) is 2.36. The van der Waals surface area contributed by atoms with Gasteiger partial charge in [0.1, 0.15) is 17.3 Å². The summed E-state index contributed by atoms with van der Waals surface area (Å²) >= 11 is 0. The van der Waals surface area contributed by atoms with Gasteiger partial charge in [0.05, 0.1) is 49.8 Å². The van der Waals surface area contributed by atoms with Crippen molar-refractivity contribution in [3.05, 3.63) is 206 Å². The average molecular weight is 824 g/mol. The fourth-order valence-electron chi connectivity index (χ4n) is 10.1.